The average Bonchev–Trinajstić information content (AvgIpc) is 2.26. The van der Waals surface area contributed by atoms with Crippen LogP contribution in [-0.4, -0.2) is 20.2 Å². The zero-order chi connectivity index (χ0) is 11.4. The number of esters is 1. The fourth-order valence-corrected chi connectivity index (χ4v) is 1.89. The van der Waals surface area contributed by atoms with Crippen molar-refractivity contribution in [2.75, 3.05) is 14.2 Å². The van der Waals surface area contributed by atoms with Crippen LogP contribution in [0.25, 0.3) is 0 Å². The Morgan fingerprint density at radius 2 is 2.00 bits per heavy atom. The Bertz CT molecular complexity index is 364. The van der Waals surface area contributed by atoms with Gasteiger partial charge in [0, 0.05) is 5.56 Å². The summed E-state index contributed by atoms with van der Waals surface area (Å²) in [4.78, 5) is 11.3. The van der Waals surface area contributed by atoms with E-state index in [0.29, 0.717) is 11.3 Å². The molecule has 0 aliphatic rings. The molecule has 0 aliphatic heterocycles. The first-order chi connectivity index (χ1) is 7.10. The third kappa shape index (κ3) is 2.95. The molecule has 0 atom stereocenters. The second kappa shape index (κ2) is 5.51. The van der Waals surface area contributed by atoms with Crippen molar-refractivity contribution in [2.24, 2.45) is 0 Å². The molecule has 0 saturated heterocycles. The number of carbonyl (C=O) groups is 1. The summed E-state index contributed by atoms with van der Waals surface area (Å²) < 4.78 is 9.78. The van der Waals surface area contributed by atoms with E-state index in [4.69, 9.17) is 4.74 Å². The summed E-state index contributed by atoms with van der Waals surface area (Å²) in [5, 5.41) is 0. The highest BCUT2D eigenvalue weighted by Crippen LogP contribution is 2.36. The maximum absolute atomic E-state index is 11.3. The lowest BCUT2D eigenvalue weighted by Crippen LogP contribution is -2.02. The van der Waals surface area contributed by atoms with Crippen LogP contribution in [0.15, 0.2) is 18.2 Å². The van der Waals surface area contributed by atoms with E-state index in [1.807, 2.05) is 0 Å². The zero-order valence-corrected chi connectivity index (χ0v) is 11.5. The Balaban J connectivity index is 3.13. The summed E-state index contributed by atoms with van der Waals surface area (Å²) in [5.74, 6) is 0.261. The van der Waals surface area contributed by atoms with Gasteiger partial charge in [0.25, 0.3) is 0 Å². The zero-order valence-electron chi connectivity index (χ0n) is 8.29. The predicted octanol–water partition coefficient (Wildman–Crippen LogP) is 3.27. The molecule has 1 aromatic rings. The van der Waals surface area contributed by atoms with Crippen LogP contribution in [0, 0.1) is 0 Å². The first kappa shape index (κ1) is 12.5. The molecule has 3 nitrogen and oxygen atoms in total. The van der Waals surface area contributed by atoms with Crippen LogP contribution in [-0.2, 0) is 4.74 Å². The van der Waals surface area contributed by atoms with Crippen LogP contribution in [0.5, 0.6) is 5.75 Å². The molecule has 0 amide bonds. The average molecular weight is 338 g/mol. The lowest BCUT2D eigenvalue weighted by Gasteiger charge is -2.10. The van der Waals surface area contributed by atoms with E-state index in [1.54, 1.807) is 25.3 Å². The number of hydrogen-bond acceptors (Lipinski definition) is 3. The predicted molar refractivity (Wildman–Crippen MR) is 64.9 cm³/mol. The van der Waals surface area contributed by atoms with Crippen LogP contribution in [0.4, 0.5) is 0 Å². The van der Waals surface area contributed by atoms with Gasteiger partial charge in [0.15, 0.2) is 0 Å². The number of methoxy groups -OCH3 is 2. The summed E-state index contributed by atoms with van der Waals surface area (Å²) >= 11 is 6.75. The van der Waals surface area contributed by atoms with Gasteiger partial charge in [0.2, 0.25) is 0 Å². The van der Waals surface area contributed by atoms with E-state index in [-0.39, 0.29) is 9.71 Å². The highest BCUT2D eigenvalue weighted by Gasteiger charge is 2.13. The quantitative estimate of drug-likeness (QED) is 0.627. The number of carbonyl (C=O) groups excluding carboxylic acids is 1. The van der Waals surface area contributed by atoms with Gasteiger partial charge in [-0.1, -0.05) is 37.9 Å². The van der Waals surface area contributed by atoms with Gasteiger partial charge in [-0.15, -0.1) is 0 Å². The summed E-state index contributed by atoms with van der Waals surface area (Å²) in [7, 11) is 2.91. The van der Waals surface area contributed by atoms with Crippen molar-refractivity contribution in [3.05, 3.63) is 29.3 Å². The second-order valence-electron chi connectivity index (χ2n) is 2.75. The maximum Gasteiger partial charge on any atom is 0.337 e. The SMILES string of the molecule is COC(=O)c1ccc(C(Br)Br)c(OC)c1. The Morgan fingerprint density at radius 3 is 2.47 bits per heavy atom. The standard InChI is InChI=1S/C10H10Br2O3/c1-14-8-5-6(10(13)15-2)3-4-7(8)9(11)12/h3-5,9H,1-2H3. The van der Waals surface area contributed by atoms with Crippen LogP contribution in [0.3, 0.4) is 0 Å². The van der Waals surface area contributed by atoms with Gasteiger partial charge in [-0.3, -0.25) is 0 Å². The molecule has 0 N–H and O–H groups in total. The summed E-state index contributed by atoms with van der Waals surface area (Å²) in [6.07, 6.45) is 0. The molecule has 5 heteroatoms. The maximum atomic E-state index is 11.3. The summed E-state index contributed by atoms with van der Waals surface area (Å²) in [6, 6.07) is 5.15. The van der Waals surface area contributed by atoms with E-state index in [2.05, 4.69) is 36.6 Å². The molecule has 0 radical (unpaired) electrons. The van der Waals surface area contributed by atoms with E-state index in [0.717, 1.165) is 5.56 Å². The molecule has 1 rings (SSSR count). The van der Waals surface area contributed by atoms with Crippen LogP contribution in [0.1, 0.15) is 19.7 Å². The van der Waals surface area contributed by atoms with Crippen molar-refractivity contribution in [3.63, 3.8) is 0 Å². The lowest BCUT2D eigenvalue weighted by atomic mass is 10.1. The van der Waals surface area contributed by atoms with E-state index in [1.165, 1.54) is 7.11 Å². The minimum Gasteiger partial charge on any atom is -0.496 e. The Kier molecular flexibility index (Phi) is 4.60. The minimum absolute atomic E-state index is 0.00773. The van der Waals surface area contributed by atoms with Crippen molar-refractivity contribution in [1.82, 2.24) is 0 Å². The van der Waals surface area contributed by atoms with Crippen LogP contribution in [0.2, 0.25) is 0 Å². The summed E-state index contributed by atoms with van der Waals surface area (Å²) in [5.41, 5.74) is 1.39. The Morgan fingerprint density at radius 1 is 1.33 bits per heavy atom. The topological polar surface area (TPSA) is 35.5 Å². The Labute approximate surface area is 105 Å². The number of hydrogen-bond donors (Lipinski definition) is 0. The molecule has 82 valence electrons. The minimum atomic E-state index is -0.374. The van der Waals surface area contributed by atoms with Crippen molar-refractivity contribution >= 4 is 37.8 Å². The van der Waals surface area contributed by atoms with Crippen LogP contribution >= 0.6 is 31.9 Å². The first-order valence-electron chi connectivity index (χ1n) is 4.14. The molecular formula is C10H10Br2O3. The molecule has 0 bridgehead atoms. The van der Waals surface area contributed by atoms with E-state index >= 15 is 0 Å². The van der Waals surface area contributed by atoms with Gasteiger partial charge in [0.1, 0.15) is 5.75 Å². The van der Waals surface area contributed by atoms with Gasteiger partial charge < -0.3 is 9.47 Å². The molecule has 15 heavy (non-hydrogen) atoms. The normalized spacial score (nSPS) is 10.2. The number of ether oxygens (including phenoxy) is 2. The molecule has 0 aromatic heterocycles. The van der Waals surface area contributed by atoms with Gasteiger partial charge in [-0.05, 0) is 12.1 Å². The fraction of sp³-hybridized carbons (Fsp3) is 0.300. The molecule has 0 spiro atoms. The molecule has 0 heterocycles. The third-order valence-corrected chi connectivity index (χ3v) is 2.88. The van der Waals surface area contributed by atoms with Crippen molar-refractivity contribution in [1.29, 1.82) is 0 Å². The van der Waals surface area contributed by atoms with E-state index < -0.39 is 0 Å². The molecule has 1 aromatic carbocycles. The van der Waals surface area contributed by atoms with Crippen molar-refractivity contribution in [3.8, 4) is 5.75 Å². The van der Waals surface area contributed by atoms with Crippen molar-refractivity contribution < 1.29 is 14.3 Å². The molecule has 0 fully saturated rings. The number of rotatable bonds is 3. The second-order valence-corrected chi connectivity index (χ2v) is 5.81. The third-order valence-electron chi connectivity index (χ3n) is 1.89. The van der Waals surface area contributed by atoms with Gasteiger partial charge in [-0.2, -0.15) is 0 Å². The molecular weight excluding hydrogens is 328 g/mol. The monoisotopic (exact) mass is 336 g/mol. The summed E-state index contributed by atoms with van der Waals surface area (Å²) in [6.45, 7) is 0. The largest absolute Gasteiger partial charge is 0.496 e. The number of halogens is 2. The smallest absolute Gasteiger partial charge is 0.337 e. The number of alkyl halides is 2. The number of benzene rings is 1. The molecule has 0 aliphatic carbocycles. The first-order valence-corrected chi connectivity index (χ1v) is 5.97. The van der Waals surface area contributed by atoms with E-state index in [9.17, 15) is 4.79 Å². The molecule has 0 unspecified atom stereocenters. The highest BCUT2D eigenvalue weighted by atomic mass is 79.9. The molecule has 0 saturated carbocycles. The highest BCUT2D eigenvalue weighted by molar-refractivity contribution is 9.24. The van der Waals surface area contributed by atoms with Gasteiger partial charge in [-0.25, -0.2) is 4.79 Å². The van der Waals surface area contributed by atoms with Gasteiger partial charge in [0.05, 0.1) is 23.5 Å². The van der Waals surface area contributed by atoms with Crippen molar-refractivity contribution in [2.45, 2.75) is 3.74 Å². The Hall–Kier alpha value is -0.550. The fourth-order valence-electron chi connectivity index (χ4n) is 1.14. The lowest BCUT2D eigenvalue weighted by molar-refractivity contribution is 0.0600. The van der Waals surface area contributed by atoms with Crippen LogP contribution < -0.4 is 4.74 Å². The van der Waals surface area contributed by atoms with Gasteiger partial charge >= 0.3 is 5.97 Å².